The van der Waals surface area contributed by atoms with E-state index < -0.39 is 17.3 Å². The van der Waals surface area contributed by atoms with Crippen molar-refractivity contribution in [1.82, 2.24) is 4.98 Å². The van der Waals surface area contributed by atoms with Gasteiger partial charge in [0.1, 0.15) is 16.6 Å². The van der Waals surface area contributed by atoms with Crippen LogP contribution in [0.1, 0.15) is 41.0 Å². The summed E-state index contributed by atoms with van der Waals surface area (Å²) in [6.07, 6.45) is 2.77. The molecule has 1 radical (unpaired) electrons. The van der Waals surface area contributed by atoms with Gasteiger partial charge < -0.3 is 16.2 Å². The molecule has 173 valence electrons. The van der Waals surface area contributed by atoms with E-state index >= 15 is 0 Å². The number of nitrogens with two attached hydrogens (primary N) is 1. The van der Waals surface area contributed by atoms with Gasteiger partial charge in [0.2, 0.25) is 0 Å². The average Bonchev–Trinajstić information content (AvgIpc) is 3.22. The van der Waals surface area contributed by atoms with E-state index in [1.165, 1.54) is 23.0 Å². The van der Waals surface area contributed by atoms with Crippen LogP contribution in [0.3, 0.4) is 0 Å². The third-order valence-corrected chi connectivity index (χ3v) is 6.42. The number of pyridine rings is 1. The van der Waals surface area contributed by atoms with Gasteiger partial charge in [-0.3, -0.25) is 4.79 Å². The Hall–Kier alpha value is -3.55. The van der Waals surface area contributed by atoms with Crippen LogP contribution in [0.4, 0.5) is 15.2 Å². The number of carbonyl (C=O) groups excluding carboxylic acids is 1. The maximum atomic E-state index is 14.9. The number of carbonyl (C=O) groups is 1. The molecule has 34 heavy (non-hydrogen) atoms. The molecule has 0 fully saturated rings. The predicted octanol–water partition coefficient (Wildman–Crippen LogP) is 5.81. The van der Waals surface area contributed by atoms with E-state index in [0.29, 0.717) is 26.8 Å². The van der Waals surface area contributed by atoms with Crippen molar-refractivity contribution in [1.29, 1.82) is 0 Å². The lowest BCUT2D eigenvalue weighted by Crippen LogP contribution is -2.15. The molecule has 2 aromatic heterocycles. The maximum absolute atomic E-state index is 14.9. The highest BCUT2D eigenvalue weighted by Gasteiger charge is 2.21. The second-order valence-corrected chi connectivity index (χ2v) is 9.49. The van der Waals surface area contributed by atoms with Crippen LogP contribution in [0, 0.1) is 12.2 Å². The number of nitrogens with one attached hydrogen (secondary N) is 1. The minimum atomic E-state index is -1.16. The average molecular weight is 475 g/mol. The van der Waals surface area contributed by atoms with Gasteiger partial charge >= 0.3 is 0 Å². The molecular weight excluding hydrogens is 449 g/mol. The molecular formula is C27H25FN3O2S. The molecule has 0 aliphatic heterocycles. The molecule has 1 amide bonds. The van der Waals surface area contributed by atoms with E-state index in [1.54, 1.807) is 38.1 Å². The fourth-order valence-corrected chi connectivity index (χ4v) is 4.58. The maximum Gasteiger partial charge on any atom is 0.251 e. The lowest BCUT2D eigenvalue weighted by molar-refractivity contribution is 0.0782. The van der Waals surface area contributed by atoms with Crippen molar-refractivity contribution in [3.8, 4) is 10.4 Å². The zero-order valence-corrected chi connectivity index (χ0v) is 19.7. The highest BCUT2D eigenvalue weighted by atomic mass is 32.1. The SMILES string of the molecule is CC(C)(O)c1ccc(-c2cc(C(N)=O)c(Nc3cccc([CH]Cc4ccccc4)n3)s2)c(F)c1. The Bertz CT molecular complexity index is 1310. The molecule has 0 bridgehead atoms. The largest absolute Gasteiger partial charge is 0.386 e. The van der Waals surface area contributed by atoms with E-state index in [1.807, 2.05) is 36.8 Å². The molecule has 0 spiro atoms. The normalized spacial score (nSPS) is 11.4. The molecule has 0 atom stereocenters. The van der Waals surface area contributed by atoms with Crippen molar-refractivity contribution in [2.45, 2.75) is 25.9 Å². The van der Waals surface area contributed by atoms with Crippen molar-refractivity contribution in [3.05, 3.63) is 107 Å². The number of hydrogen-bond acceptors (Lipinski definition) is 5. The summed E-state index contributed by atoms with van der Waals surface area (Å²) in [6, 6.07) is 21.8. The van der Waals surface area contributed by atoms with Gasteiger partial charge in [-0.15, -0.1) is 11.3 Å². The molecule has 0 saturated carbocycles. The zero-order chi connectivity index (χ0) is 24.3. The van der Waals surface area contributed by atoms with Gasteiger partial charge in [0, 0.05) is 22.6 Å². The first-order valence-electron chi connectivity index (χ1n) is 10.8. The minimum Gasteiger partial charge on any atom is -0.386 e. The van der Waals surface area contributed by atoms with Gasteiger partial charge in [-0.05, 0) is 55.7 Å². The van der Waals surface area contributed by atoms with Crippen molar-refractivity contribution in [2.75, 3.05) is 5.32 Å². The number of thiophene rings is 1. The van der Waals surface area contributed by atoms with Gasteiger partial charge in [-0.1, -0.05) is 48.5 Å². The first-order valence-corrected chi connectivity index (χ1v) is 11.6. The van der Waals surface area contributed by atoms with Crippen LogP contribution in [0.25, 0.3) is 10.4 Å². The first-order chi connectivity index (χ1) is 16.2. The molecule has 0 aliphatic carbocycles. The lowest BCUT2D eigenvalue weighted by Gasteiger charge is -2.18. The standard InChI is InChI=1S/C27H25FN3O2S/c1-27(2,33)18-12-14-20(22(28)15-18)23-16-21(25(29)32)26(34-23)31-24-10-6-9-19(30-24)13-11-17-7-4-3-5-8-17/h3-10,12-16,33H,11H2,1-2H3,(H2,29,32)(H,30,31). The number of halogens is 1. The second-order valence-electron chi connectivity index (χ2n) is 8.44. The van der Waals surface area contributed by atoms with Gasteiger partial charge in [-0.2, -0.15) is 0 Å². The van der Waals surface area contributed by atoms with Crippen LogP contribution in [-0.4, -0.2) is 16.0 Å². The van der Waals surface area contributed by atoms with E-state index in [2.05, 4.69) is 22.4 Å². The monoisotopic (exact) mass is 474 g/mol. The fourth-order valence-electron chi connectivity index (χ4n) is 3.48. The fraction of sp³-hybridized carbons (Fsp3) is 0.148. The summed E-state index contributed by atoms with van der Waals surface area (Å²) in [5.74, 6) is -0.556. The van der Waals surface area contributed by atoms with E-state index in [4.69, 9.17) is 5.73 Å². The number of nitrogens with zero attached hydrogens (tertiary/aromatic N) is 1. The molecule has 0 aliphatic rings. The molecule has 2 aromatic carbocycles. The van der Waals surface area contributed by atoms with Gasteiger partial charge in [0.05, 0.1) is 11.2 Å². The van der Waals surface area contributed by atoms with E-state index in [-0.39, 0.29) is 5.56 Å². The molecule has 0 unspecified atom stereocenters. The number of amides is 1. The van der Waals surface area contributed by atoms with Crippen molar-refractivity contribution in [3.63, 3.8) is 0 Å². The second kappa shape index (κ2) is 9.75. The van der Waals surface area contributed by atoms with Crippen molar-refractivity contribution >= 4 is 28.1 Å². The molecule has 4 rings (SSSR count). The number of primary amides is 1. The summed E-state index contributed by atoms with van der Waals surface area (Å²) in [5, 5.41) is 13.8. The van der Waals surface area contributed by atoms with Crippen LogP contribution >= 0.6 is 11.3 Å². The highest BCUT2D eigenvalue weighted by molar-refractivity contribution is 7.19. The van der Waals surface area contributed by atoms with E-state index in [9.17, 15) is 14.3 Å². The lowest BCUT2D eigenvalue weighted by atomic mass is 9.96. The van der Waals surface area contributed by atoms with Crippen LogP contribution in [0.15, 0.2) is 72.8 Å². The Labute approximate surface area is 202 Å². The summed E-state index contributed by atoms with van der Waals surface area (Å²) in [7, 11) is 0. The Morgan fingerprint density at radius 1 is 1.12 bits per heavy atom. The van der Waals surface area contributed by atoms with Gasteiger partial charge in [0.25, 0.3) is 5.91 Å². The Morgan fingerprint density at radius 3 is 2.56 bits per heavy atom. The summed E-state index contributed by atoms with van der Waals surface area (Å²) in [4.78, 5) is 17.2. The molecule has 2 heterocycles. The first kappa shape index (κ1) is 23.6. The molecule has 5 nitrogen and oxygen atoms in total. The van der Waals surface area contributed by atoms with Crippen molar-refractivity contribution in [2.24, 2.45) is 5.73 Å². The number of rotatable bonds is 8. The molecule has 4 N–H and O–H groups in total. The quantitative estimate of drug-likeness (QED) is 0.300. The Kier molecular flexibility index (Phi) is 6.77. The van der Waals surface area contributed by atoms with Gasteiger partial charge in [0.15, 0.2) is 0 Å². The number of hydrogen-bond donors (Lipinski definition) is 3. The molecule has 4 aromatic rings. The smallest absolute Gasteiger partial charge is 0.251 e. The Balaban J connectivity index is 1.58. The van der Waals surface area contributed by atoms with Crippen LogP contribution < -0.4 is 11.1 Å². The predicted molar refractivity (Wildman–Crippen MR) is 135 cm³/mol. The van der Waals surface area contributed by atoms with Crippen LogP contribution in [0.5, 0.6) is 0 Å². The van der Waals surface area contributed by atoms with E-state index in [0.717, 1.165) is 12.1 Å². The third-order valence-electron chi connectivity index (χ3n) is 5.34. The van der Waals surface area contributed by atoms with Gasteiger partial charge in [-0.25, -0.2) is 9.37 Å². The summed E-state index contributed by atoms with van der Waals surface area (Å²) >= 11 is 1.21. The Morgan fingerprint density at radius 2 is 1.88 bits per heavy atom. The number of aliphatic hydroxyl groups is 1. The highest BCUT2D eigenvalue weighted by Crippen LogP contribution is 2.38. The van der Waals surface area contributed by atoms with Crippen LogP contribution in [0.2, 0.25) is 0 Å². The third kappa shape index (κ3) is 5.50. The zero-order valence-electron chi connectivity index (χ0n) is 18.9. The molecule has 0 saturated heterocycles. The topological polar surface area (TPSA) is 88.2 Å². The van der Waals surface area contributed by atoms with Crippen molar-refractivity contribution < 1.29 is 14.3 Å². The molecule has 7 heteroatoms. The summed E-state index contributed by atoms with van der Waals surface area (Å²) in [5.41, 5.74) is 7.45. The number of aromatic nitrogens is 1. The summed E-state index contributed by atoms with van der Waals surface area (Å²) in [6.45, 7) is 3.19. The minimum absolute atomic E-state index is 0.256. The number of benzene rings is 2. The number of anilines is 2. The summed E-state index contributed by atoms with van der Waals surface area (Å²) < 4.78 is 14.9. The van der Waals surface area contributed by atoms with Crippen LogP contribution in [-0.2, 0) is 12.0 Å².